The monoisotopic (exact) mass is 519 g/mol. The van der Waals surface area contributed by atoms with Crippen molar-refractivity contribution in [3.05, 3.63) is 89.4 Å². The van der Waals surface area contributed by atoms with Crippen LogP contribution in [0.25, 0.3) is 5.65 Å². The molecular formula is C27H27F2N7O2. The molecule has 2 atom stereocenters. The Balaban J connectivity index is 1.25. The third-order valence-electron chi connectivity index (χ3n) is 6.89. The smallest absolute Gasteiger partial charge is 0.261 e. The van der Waals surface area contributed by atoms with Gasteiger partial charge in [0.05, 0.1) is 24.5 Å². The molecule has 4 heterocycles. The van der Waals surface area contributed by atoms with Crippen molar-refractivity contribution in [1.29, 1.82) is 0 Å². The number of halogens is 2. The highest BCUT2D eigenvalue weighted by Gasteiger charge is 2.32. The lowest BCUT2D eigenvalue weighted by molar-refractivity contribution is -0.00982. The molecule has 2 aromatic carbocycles. The van der Waals surface area contributed by atoms with E-state index in [-0.39, 0.29) is 17.0 Å². The second-order valence-electron chi connectivity index (χ2n) is 9.31. The summed E-state index contributed by atoms with van der Waals surface area (Å²) in [4.78, 5) is 20.1. The number of aromatic nitrogens is 3. The van der Waals surface area contributed by atoms with E-state index in [1.54, 1.807) is 12.3 Å². The molecule has 6 rings (SSSR count). The molecule has 0 aliphatic carbocycles. The molecule has 9 nitrogen and oxygen atoms in total. The molecule has 196 valence electrons. The van der Waals surface area contributed by atoms with E-state index in [9.17, 15) is 13.6 Å². The van der Waals surface area contributed by atoms with Gasteiger partial charge in [0.2, 0.25) is 0 Å². The summed E-state index contributed by atoms with van der Waals surface area (Å²) in [5.41, 5.74) is 3.03. The van der Waals surface area contributed by atoms with Crippen LogP contribution in [0.4, 0.5) is 20.2 Å². The lowest BCUT2D eigenvalue weighted by Gasteiger charge is -2.33. The summed E-state index contributed by atoms with van der Waals surface area (Å²) in [5, 5.41) is 13.7. The van der Waals surface area contributed by atoms with E-state index in [4.69, 9.17) is 4.74 Å². The van der Waals surface area contributed by atoms with E-state index in [0.717, 1.165) is 44.0 Å². The van der Waals surface area contributed by atoms with Crippen molar-refractivity contribution >= 4 is 22.9 Å². The highest BCUT2D eigenvalue weighted by atomic mass is 19.1. The van der Waals surface area contributed by atoms with Crippen LogP contribution in [0.3, 0.4) is 0 Å². The summed E-state index contributed by atoms with van der Waals surface area (Å²) in [6, 6.07) is 12.1. The minimum Gasteiger partial charge on any atom is -0.369 e. The number of anilines is 2. The maximum atomic E-state index is 14.6. The third kappa shape index (κ3) is 4.83. The van der Waals surface area contributed by atoms with Crippen LogP contribution in [0.2, 0.25) is 0 Å². The first-order valence-electron chi connectivity index (χ1n) is 12.6. The van der Waals surface area contributed by atoms with Gasteiger partial charge in [-0.1, -0.05) is 0 Å². The quantitative estimate of drug-likeness (QED) is 0.373. The summed E-state index contributed by atoms with van der Waals surface area (Å²) in [6.07, 6.45) is 2.45. The van der Waals surface area contributed by atoms with Crippen molar-refractivity contribution in [1.82, 2.24) is 25.2 Å². The van der Waals surface area contributed by atoms with E-state index in [2.05, 4.69) is 30.9 Å². The van der Waals surface area contributed by atoms with E-state index in [1.165, 1.54) is 16.8 Å². The van der Waals surface area contributed by atoms with Crippen LogP contribution in [-0.4, -0.2) is 59.8 Å². The number of carbonyl (C=O) groups is 1. The molecule has 2 saturated heterocycles. The molecule has 11 heteroatoms. The molecular weight excluding hydrogens is 492 g/mol. The van der Waals surface area contributed by atoms with Crippen molar-refractivity contribution in [2.24, 2.45) is 0 Å². The van der Waals surface area contributed by atoms with Crippen molar-refractivity contribution < 1.29 is 18.3 Å². The number of morpholine rings is 1. The van der Waals surface area contributed by atoms with Crippen LogP contribution in [-0.2, 0) is 4.74 Å². The van der Waals surface area contributed by atoms with Gasteiger partial charge < -0.3 is 25.6 Å². The molecule has 38 heavy (non-hydrogen) atoms. The van der Waals surface area contributed by atoms with Gasteiger partial charge in [-0.15, -0.1) is 0 Å². The Morgan fingerprint density at radius 1 is 1.05 bits per heavy atom. The van der Waals surface area contributed by atoms with Crippen LogP contribution >= 0.6 is 0 Å². The zero-order chi connectivity index (χ0) is 26.1. The summed E-state index contributed by atoms with van der Waals surface area (Å²) in [5.74, 6) is -1.42. The minimum absolute atomic E-state index is 0.159. The SMILES string of the molecule is O=C(Nc1ccc(N2CCNCC2)cc1)c1cnn2ccc(C3OCCNC3c3cc(F)ccc3F)nc12. The first-order chi connectivity index (χ1) is 18.6. The largest absolute Gasteiger partial charge is 0.369 e. The Kier molecular flexibility index (Phi) is 6.71. The maximum absolute atomic E-state index is 14.6. The van der Waals surface area contributed by atoms with Gasteiger partial charge in [-0.2, -0.15) is 5.10 Å². The van der Waals surface area contributed by atoms with E-state index in [1.807, 2.05) is 24.3 Å². The fraction of sp³-hybridized carbons (Fsp3) is 0.296. The molecule has 0 radical (unpaired) electrons. The predicted molar refractivity (Wildman–Crippen MR) is 138 cm³/mol. The zero-order valence-electron chi connectivity index (χ0n) is 20.5. The Morgan fingerprint density at radius 3 is 2.68 bits per heavy atom. The van der Waals surface area contributed by atoms with Gasteiger partial charge in [-0.25, -0.2) is 18.3 Å². The number of benzene rings is 2. The molecule has 2 unspecified atom stereocenters. The standard InChI is InChI=1S/C27H27F2N7O2/c28-17-1-6-22(29)20(15-17)24-25(38-14-10-31-24)23-7-11-36-26(34-23)21(16-32-36)27(37)33-18-2-4-19(5-3-18)35-12-8-30-9-13-35/h1-7,11,15-16,24-25,30-31H,8-10,12-14H2,(H,33,37). The first-order valence-corrected chi connectivity index (χ1v) is 12.6. The molecule has 0 bridgehead atoms. The summed E-state index contributed by atoms with van der Waals surface area (Å²) in [6.45, 7) is 4.63. The van der Waals surface area contributed by atoms with Crippen LogP contribution in [0.1, 0.15) is 33.8 Å². The lowest BCUT2D eigenvalue weighted by Crippen LogP contribution is -2.43. The number of fused-ring (bicyclic) bond motifs is 1. The van der Waals surface area contributed by atoms with E-state index in [0.29, 0.717) is 30.2 Å². The average molecular weight is 520 g/mol. The summed E-state index contributed by atoms with van der Waals surface area (Å²) >= 11 is 0. The van der Waals surface area contributed by atoms with Crippen LogP contribution in [0.15, 0.2) is 60.9 Å². The zero-order valence-corrected chi connectivity index (χ0v) is 20.5. The normalized spacial score (nSPS) is 20.0. The molecule has 2 aliphatic rings. The summed E-state index contributed by atoms with van der Waals surface area (Å²) < 4.78 is 36.0. The predicted octanol–water partition coefficient (Wildman–Crippen LogP) is 3.07. The van der Waals surface area contributed by atoms with Crippen LogP contribution < -0.4 is 20.9 Å². The number of rotatable bonds is 5. The fourth-order valence-electron chi connectivity index (χ4n) is 4.96. The fourth-order valence-corrected chi connectivity index (χ4v) is 4.96. The second kappa shape index (κ2) is 10.4. The first kappa shape index (κ1) is 24.4. The molecule has 2 aliphatic heterocycles. The van der Waals surface area contributed by atoms with Crippen molar-refractivity contribution in [2.45, 2.75) is 12.1 Å². The van der Waals surface area contributed by atoms with Crippen molar-refractivity contribution in [3.63, 3.8) is 0 Å². The van der Waals surface area contributed by atoms with E-state index >= 15 is 0 Å². The number of hydrogen-bond donors (Lipinski definition) is 3. The number of carbonyl (C=O) groups excluding carboxylic acids is 1. The average Bonchev–Trinajstić information content (AvgIpc) is 3.39. The highest BCUT2D eigenvalue weighted by Crippen LogP contribution is 2.35. The van der Waals surface area contributed by atoms with Crippen molar-refractivity contribution in [2.75, 3.05) is 49.5 Å². The van der Waals surface area contributed by atoms with Gasteiger partial charge in [-0.3, -0.25) is 4.79 Å². The van der Waals surface area contributed by atoms with Gasteiger partial charge >= 0.3 is 0 Å². The van der Waals surface area contributed by atoms with Gasteiger partial charge in [0, 0.05) is 55.9 Å². The van der Waals surface area contributed by atoms with Crippen molar-refractivity contribution in [3.8, 4) is 0 Å². The lowest BCUT2D eigenvalue weighted by atomic mass is 9.97. The number of nitrogens with one attached hydrogen (secondary N) is 3. The number of piperazine rings is 1. The molecule has 4 aromatic rings. The molecule has 2 aromatic heterocycles. The molecule has 3 N–H and O–H groups in total. The number of hydrogen-bond acceptors (Lipinski definition) is 7. The number of amides is 1. The Bertz CT molecular complexity index is 1450. The number of nitrogens with zero attached hydrogens (tertiary/aromatic N) is 4. The van der Waals surface area contributed by atoms with Gasteiger partial charge in [-0.05, 0) is 48.5 Å². The van der Waals surface area contributed by atoms with E-state index < -0.39 is 23.8 Å². The van der Waals surface area contributed by atoms with Gasteiger partial charge in [0.15, 0.2) is 5.65 Å². The van der Waals surface area contributed by atoms with Crippen LogP contribution in [0, 0.1) is 11.6 Å². The molecule has 0 spiro atoms. The molecule has 1 amide bonds. The van der Waals surface area contributed by atoms with Crippen LogP contribution in [0.5, 0.6) is 0 Å². The second-order valence-corrected chi connectivity index (χ2v) is 9.31. The summed E-state index contributed by atoms with van der Waals surface area (Å²) in [7, 11) is 0. The Labute approximate surface area is 217 Å². The highest BCUT2D eigenvalue weighted by molar-refractivity contribution is 6.08. The maximum Gasteiger partial charge on any atom is 0.261 e. The Morgan fingerprint density at radius 2 is 1.87 bits per heavy atom. The topological polar surface area (TPSA) is 95.8 Å². The Hall–Kier alpha value is -3.93. The molecule has 0 saturated carbocycles. The molecule has 2 fully saturated rings. The van der Waals surface area contributed by atoms with Gasteiger partial charge in [0.1, 0.15) is 23.3 Å². The minimum atomic E-state index is -0.687. The third-order valence-corrected chi connectivity index (χ3v) is 6.89. The number of ether oxygens (including phenoxy) is 1. The van der Waals surface area contributed by atoms with Gasteiger partial charge in [0.25, 0.3) is 5.91 Å².